The average molecular weight is 350 g/mol. The first kappa shape index (κ1) is 17.5. The van der Waals surface area contributed by atoms with Gasteiger partial charge in [0, 0.05) is 42.3 Å². The second kappa shape index (κ2) is 7.25. The lowest BCUT2D eigenvalue weighted by atomic mass is 10.0. The molecule has 1 unspecified atom stereocenters. The summed E-state index contributed by atoms with van der Waals surface area (Å²) in [4.78, 5) is 3.33. The molecule has 6 heteroatoms. The summed E-state index contributed by atoms with van der Waals surface area (Å²) in [6.07, 6.45) is 7.32. The Morgan fingerprint density at radius 3 is 2.71 bits per heavy atom. The largest absolute Gasteiger partial charge is 0.361 e. The van der Waals surface area contributed by atoms with Gasteiger partial charge in [-0.15, -0.1) is 0 Å². The van der Waals surface area contributed by atoms with Crippen LogP contribution in [0.15, 0.2) is 30.5 Å². The Balaban J connectivity index is 1.47. The van der Waals surface area contributed by atoms with Gasteiger partial charge < -0.3 is 10.3 Å². The van der Waals surface area contributed by atoms with E-state index >= 15 is 0 Å². The van der Waals surface area contributed by atoms with Crippen LogP contribution in [0.4, 0.5) is 0 Å². The zero-order valence-electron chi connectivity index (χ0n) is 14.5. The number of piperidine rings is 1. The normalized spacial score (nSPS) is 18.9. The number of fused-ring (bicyclic) bond motifs is 1. The molecule has 0 bridgehead atoms. The molecular formula is C18H27N3O2S. The number of aromatic amines is 1. The highest BCUT2D eigenvalue weighted by molar-refractivity contribution is 7.88. The van der Waals surface area contributed by atoms with E-state index in [0.717, 1.165) is 25.7 Å². The number of H-pyrrole nitrogens is 1. The number of aryl methyl sites for hydroxylation is 1. The van der Waals surface area contributed by atoms with E-state index in [9.17, 15) is 8.42 Å². The van der Waals surface area contributed by atoms with Gasteiger partial charge in [-0.25, -0.2) is 12.7 Å². The number of nitrogens with zero attached hydrogens (tertiary/aromatic N) is 1. The second-order valence-corrected chi connectivity index (χ2v) is 8.88. The van der Waals surface area contributed by atoms with Gasteiger partial charge in [-0.1, -0.05) is 18.2 Å². The number of benzene rings is 1. The van der Waals surface area contributed by atoms with Crippen LogP contribution in [-0.4, -0.2) is 49.1 Å². The maximum atomic E-state index is 11.6. The van der Waals surface area contributed by atoms with Crippen molar-refractivity contribution in [1.82, 2.24) is 14.6 Å². The molecule has 1 aromatic heterocycles. The van der Waals surface area contributed by atoms with Crippen molar-refractivity contribution in [2.45, 2.75) is 44.7 Å². The molecule has 0 aliphatic carbocycles. The summed E-state index contributed by atoms with van der Waals surface area (Å²) in [5, 5.41) is 4.98. The minimum atomic E-state index is -3.04. The predicted octanol–water partition coefficient (Wildman–Crippen LogP) is 2.50. The summed E-state index contributed by atoms with van der Waals surface area (Å²) in [6, 6.07) is 9.25. The van der Waals surface area contributed by atoms with Crippen molar-refractivity contribution >= 4 is 20.9 Å². The highest BCUT2D eigenvalue weighted by Gasteiger charge is 2.25. The summed E-state index contributed by atoms with van der Waals surface area (Å²) in [5.41, 5.74) is 2.56. The Labute approximate surface area is 144 Å². The third kappa shape index (κ3) is 4.18. The fourth-order valence-corrected chi connectivity index (χ4v) is 4.42. The minimum Gasteiger partial charge on any atom is -0.361 e. The van der Waals surface area contributed by atoms with Gasteiger partial charge in [-0.05, 0) is 44.2 Å². The smallest absolute Gasteiger partial charge is 0.211 e. The Bertz CT molecular complexity index is 776. The molecule has 2 heterocycles. The van der Waals surface area contributed by atoms with Crippen molar-refractivity contribution in [3.05, 3.63) is 36.0 Å². The summed E-state index contributed by atoms with van der Waals surface area (Å²) in [7, 11) is -3.04. The lowest BCUT2D eigenvalue weighted by molar-refractivity contribution is 0.274. The van der Waals surface area contributed by atoms with Crippen molar-refractivity contribution in [3.63, 3.8) is 0 Å². The fourth-order valence-electron chi connectivity index (χ4n) is 3.55. The maximum absolute atomic E-state index is 11.6. The van der Waals surface area contributed by atoms with Gasteiger partial charge in [0.05, 0.1) is 6.26 Å². The van der Waals surface area contributed by atoms with Crippen LogP contribution >= 0.6 is 0 Å². The van der Waals surface area contributed by atoms with Gasteiger partial charge in [0.2, 0.25) is 10.0 Å². The van der Waals surface area contributed by atoms with Crippen molar-refractivity contribution in [1.29, 1.82) is 0 Å². The van der Waals surface area contributed by atoms with E-state index in [1.54, 1.807) is 4.31 Å². The topological polar surface area (TPSA) is 65.2 Å². The highest BCUT2D eigenvalue weighted by Crippen LogP contribution is 2.20. The second-order valence-electron chi connectivity index (χ2n) is 6.90. The van der Waals surface area contributed by atoms with E-state index < -0.39 is 10.0 Å². The molecule has 0 saturated carbocycles. The van der Waals surface area contributed by atoms with Crippen LogP contribution in [0, 0.1) is 0 Å². The first-order chi connectivity index (χ1) is 11.4. The molecule has 2 N–H and O–H groups in total. The van der Waals surface area contributed by atoms with E-state index in [0.29, 0.717) is 25.2 Å². The molecule has 1 aliphatic heterocycles. The molecule has 1 aromatic carbocycles. The fraction of sp³-hybridized carbons (Fsp3) is 0.556. The third-order valence-corrected chi connectivity index (χ3v) is 6.27. The lowest BCUT2D eigenvalue weighted by Crippen LogP contribution is -2.46. The quantitative estimate of drug-likeness (QED) is 0.842. The molecule has 2 aromatic rings. The van der Waals surface area contributed by atoms with Gasteiger partial charge >= 0.3 is 0 Å². The number of sulfonamides is 1. The highest BCUT2D eigenvalue weighted by atomic mass is 32.2. The van der Waals surface area contributed by atoms with Crippen LogP contribution in [0.3, 0.4) is 0 Å². The van der Waals surface area contributed by atoms with E-state index in [1.165, 1.54) is 22.7 Å². The summed E-state index contributed by atoms with van der Waals surface area (Å²) < 4.78 is 24.7. The van der Waals surface area contributed by atoms with Crippen LogP contribution in [-0.2, 0) is 16.4 Å². The summed E-state index contributed by atoms with van der Waals surface area (Å²) >= 11 is 0. The standard InChI is InChI=1S/C18H27N3O2S/c1-14(20-16-9-11-21(12-10-16)24(2,22)23)7-8-15-13-19-18-6-4-3-5-17(15)18/h3-6,13-14,16,19-20H,7-12H2,1-2H3. The summed E-state index contributed by atoms with van der Waals surface area (Å²) in [5.74, 6) is 0. The molecule has 24 heavy (non-hydrogen) atoms. The SMILES string of the molecule is CC(CCc1c[nH]c2ccccc12)NC1CCN(S(C)(=O)=O)CC1. The number of nitrogens with one attached hydrogen (secondary N) is 2. The monoisotopic (exact) mass is 349 g/mol. The number of aromatic nitrogens is 1. The van der Waals surface area contributed by atoms with Crippen LogP contribution in [0.5, 0.6) is 0 Å². The maximum Gasteiger partial charge on any atom is 0.211 e. The molecule has 0 amide bonds. The lowest BCUT2D eigenvalue weighted by Gasteiger charge is -2.32. The Morgan fingerprint density at radius 1 is 1.29 bits per heavy atom. The third-order valence-electron chi connectivity index (χ3n) is 4.96. The Morgan fingerprint density at radius 2 is 2.00 bits per heavy atom. The van der Waals surface area contributed by atoms with Crippen molar-refractivity contribution in [3.8, 4) is 0 Å². The molecule has 3 rings (SSSR count). The molecule has 0 radical (unpaired) electrons. The van der Waals surface area contributed by atoms with Crippen LogP contribution in [0.25, 0.3) is 10.9 Å². The van der Waals surface area contributed by atoms with Gasteiger partial charge in [-0.2, -0.15) is 0 Å². The van der Waals surface area contributed by atoms with Gasteiger partial charge in [0.1, 0.15) is 0 Å². The van der Waals surface area contributed by atoms with E-state index in [-0.39, 0.29) is 0 Å². The van der Waals surface area contributed by atoms with Crippen LogP contribution in [0.2, 0.25) is 0 Å². The Hall–Kier alpha value is -1.37. The zero-order chi connectivity index (χ0) is 17.2. The molecular weight excluding hydrogens is 322 g/mol. The predicted molar refractivity (Wildman–Crippen MR) is 98.7 cm³/mol. The van der Waals surface area contributed by atoms with E-state index in [1.807, 2.05) is 0 Å². The van der Waals surface area contributed by atoms with Crippen LogP contribution < -0.4 is 5.32 Å². The number of hydrogen-bond donors (Lipinski definition) is 2. The minimum absolute atomic E-state index is 0.418. The van der Waals surface area contributed by atoms with Crippen molar-refractivity contribution in [2.75, 3.05) is 19.3 Å². The van der Waals surface area contributed by atoms with Gasteiger partial charge in [0.15, 0.2) is 0 Å². The number of para-hydroxylation sites is 1. The molecule has 1 saturated heterocycles. The first-order valence-electron chi connectivity index (χ1n) is 8.69. The van der Waals surface area contributed by atoms with E-state index in [4.69, 9.17) is 0 Å². The number of hydrogen-bond acceptors (Lipinski definition) is 3. The first-order valence-corrected chi connectivity index (χ1v) is 10.5. The zero-order valence-corrected chi connectivity index (χ0v) is 15.3. The molecule has 5 nitrogen and oxygen atoms in total. The Kier molecular flexibility index (Phi) is 5.27. The van der Waals surface area contributed by atoms with E-state index in [2.05, 4.69) is 47.7 Å². The molecule has 1 atom stereocenters. The van der Waals surface area contributed by atoms with Gasteiger partial charge in [0.25, 0.3) is 0 Å². The molecule has 0 spiro atoms. The molecule has 1 aliphatic rings. The summed E-state index contributed by atoms with van der Waals surface area (Å²) in [6.45, 7) is 3.48. The van der Waals surface area contributed by atoms with Crippen molar-refractivity contribution < 1.29 is 8.42 Å². The molecule has 132 valence electrons. The average Bonchev–Trinajstić information content (AvgIpc) is 2.96. The molecule has 1 fully saturated rings. The number of rotatable bonds is 6. The van der Waals surface area contributed by atoms with Crippen molar-refractivity contribution in [2.24, 2.45) is 0 Å². The van der Waals surface area contributed by atoms with Crippen LogP contribution in [0.1, 0.15) is 31.7 Å². The van der Waals surface area contributed by atoms with Gasteiger partial charge in [-0.3, -0.25) is 0 Å².